The zero-order valence-electron chi connectivity index (χ0n) is 23.2. The fraction of sp³-hybridized carbons (Fsp3) is 0.452. The van der Waals surface area contributed by atoms with Gasteiger partial charge in [-0.15, -0.1) is 0 Å². The summed E-state index contributed by atoms with van der Waals surface area (Å²) < 4.78 is 19.6. The van der Waals surface area contributed by atoms with Crippen molar-refractivity contribution in [2.24, 2.45) is 5.92 Å². The van der Waals surface area contributed by atoms with Gasteiger partial charge in [-0.25, -0.2) is 9.37 Å². The number of pyridine rings is 1. The molecule has 2 aromatic carbocycles. The number of anilines is 1. The minimum absolute atomic E-state index is 0.0113. The standard InChI is InChI=1S/C31H36BrClFN3O3/c1-4-7-27(34)40-28(38)13-10-21(23-8-5-6-9-25(23)33)17-35-31(39)29-20(3)30(37-15-14-19(2)18-37)36-26-12-11-22(32)16-24(26)29/h5-6,8-9,11-12,16,19,21,27H,4,7,10,13-15,17-18H2,1-3H3,(H,35,39). The van der Waals surface area contributed by atoms with Gasteiger partial charge in [0.1, 0.15) is 5.82 Å². The van der Waals surface area contributed by atoms with Crippen molar-refractivity contribution in [3.63, 3.8) is 0 Å². The van der Waals surface area contributed by atoms with E-state index in [-0.39, 0.29) is 31.2 Å². The average Bonchev–Trinajstić information content (AvgIpc) is 3.34. The van der Waals surface area contributed by atoms with E-state index in [1.165, 1.54) is 0 Å². The second-order valence-electron chi connectivity index (χ2n) is 10.6. The summed E-state index contributed by atoms with van der Waals surface area (Å²) in [5, 5.41) is 4.42. The van der Waals surface area contributed by atoms with Crippen molar-refractivity contribution in [3.8, 4) is 0 Å². The summed E-state index contributed by atoms with van der Waals surface area (Å²) in [5.41, 5.74) is 2.98. The molecule has 6 nitrogen and oxygen atoms in total. The molecule has 0 bridgehead atoms. The van der Waals surface area contributed by atoms with E-state index < -0.39 is 12.3 Å². The fourth-order valence-electron chi connectivity index (χ4n) is 5.30. The van der Waals surface area contributed by atoms with Crippen LogP contribution in [-0.4, -0.2) is 42.9 Å². The van der Waals surface area contributed by atoms with Crippen LogP contribution in [0.15, 0.2) is 46.9 Å². The van der Waals surface area contributed by atoms with Crippen LogP contribution in [0.25, 0.3) is 10.9 Å². The molecule has 1 aromatic heterocycles. The SMILES string of the molecule is CCCC(F)OC(=O)CCC(CNC(=O)c1c(C)c(N2CCC(C)C2)nc2ccc(Br)cc12)c1ccccc1Cl. The lowest BCUT2D eigenvalue weighted by molar-refractivity contribution is -0.158. The second kappa shape index (κ2) is 13.8. The van der Waals surface area contributed by atoms with Crippen LogP contribution in [-0.2, 0) is 9.53 Å². The van der Waals surface area contributed by atoms with Crippen LogP contribution < -0.4 is 10.2 Å². The normalized spacial score (nSPS) is 16.6. The number of rotatable bonds is 11. The molecular weight excluding hydrogens is 597 g/mol. The van der Waals surface area contributed by atoms with Gasteiger partial charge in [0.25, 0.3) is 5.91 Å². The molecule has 0 spiro atoms. The van der Waals surface area contributed by atoms with Crippen molar-refractivity contribution in [1.82, 2.24) is 10.3 Å². The molecular formula is C31H36BrClFN3O3. The van der Waals surface area contributed by atoms with Crippen molar-refractivity contribution in [2.45, 2.75) is 65.2 Å². The number of halogens is 3. The summed E-state index contributed by atoms with van der Waals surface area (Å²) in [6.45, 7) is 8.06. The van der Waals surface area contributed by atoms with Crippen LogP contribution in [0.1, 0.15) is 73.4 Å². The Bertz CT molecular complexity index is 1370. The summed E-state index contributed by atoms with van der Waals surface area (Å²) >= 11 is 10.0. The number of benzene rings is 2. The molecule has 1 aliphatic heterocycles. The molecule has 1 fully saturated rings. The lowest BCUT2D eigenvalue weighted by Gasteiger charge is -2.23. The minimum Gasteiger partial charge on any atom is -0.431 e. The molecule has 3 atom stereocenters. The zero-order valence-corrected chi connectivity index (χ0v) is 25.5. The topological polar surface area (TPSA) is 71.5 Å². The first-order valence-electron chi connectivity index (χ1n) is 13.9. The van der Waals surface area contributed by atoms with Crippen LogP contribution in [0, 0.1) is 12.8 Å². The number of ether oxygens (including phenoxy) is 1. The van der Waals surface area contributed by atoms with Crippen molar-refractivity contribution in [3.05, 3.63) is 68.7 Å². The third-order valence-electron chi connectivity index (χ3n) is 7.44. The number of amides is 1. The second-order valence-corrected chi connectivity index (χ2v) is 11.9. The van der Waals surface area contributed by atoms with Gasteiger partial charge in [0.2, 0.25) is 6.36 Å². The van der Waals surface area contributed by atoms with E-state index in [0.717, 1.165) is 51.8 Å². The molecule has 214 valence electrons. The van der Waals surface area contributed by atoms with Crippen molar-refractivity contribution in [1.29, 1.82) is 0 Å². The lowest BCUT2D eigenvalue weighted by atomic mass is 9.93. The molecule has 3 unspecified atom stereocenters. The number of nitrogens with zero attached hydrogens (tertiary/aromatic N) is 2. The number of hydrogen-bond donors (Lipinski definition) is 1. The summed E-state index contributed by atoms with van der Waals surface area (Å²) in [7, 11) is 0. The number of hydrogen-bond acceptors (Lipinski definition) is 5. The molecule has 3 aromatic rings. The van der Waals surface area contributed by atoms with Gasteiger partial charge in [-0.1, -0.05) is 59.6 Å². The van der Waals surface area contributed by atoms with E-state index in [1.54, 1.807) is 6.07 Å². The van der Waals surface area contributed by atoms with E-state index in [0.29, 0.717) is 29.3 Å². The monoisotopic (exact) mass is 631 g/mol. The highest BCUT2D eigenvalue weighted by atomic mass is 79.9. The predicted molar refractivity (Wildman–Crippen MR) is 162 cm³/mol. The maximum absolute atomic E-state index is 13.9. The van der Waals surface area contributed by atoms with Gasteiger partial charge in [0.15, 0.2) is 0 Å². The van der Waals surface area contributed by atoms with Gasteiger partial charge in [-0.3, -0.25) is 9.59 Å². The molecule has 40 heavy (non-hydrogen) atoms. The van der Waals surface area contributed by atoms with E-state index >= 15 is 0 Å². The van der Waals surface area contributed by atoms with Gasteiger partial charge < -0.3 is 15.0 Å². The molecule has 1 N–H and O–H groups in total. The van der Waals surface area contributed by atoms with Gasteiger partial charge in [0.05, 0.1) is 11.1 Å². The van der Waals surface area contributed by atoms with E-state index in [1.807, 2.05) is 50.2 Å². The summed E-state index contributed by atoms with van der Waals surface area (Å²) in [6, 6.07) is 13.1. The van der Waals surface area contributed by atoms with Gasteiger partial charge >= 0.3 is 5.97 Å². The Labute approximate surface area is 248 Å². The highest BCUT2D eigenvalue weighted by Crippen LogP contribution is 2.33. The quantitative estimate of drug-likeness (QED) is 0.219. The summed E-state index contributed by atoms with van der Waals surface area (Å²) in [4.78, 5) is 33.4. The number of fused-ring (bicyclic) bond motifs is 1. The first-order chi connectivity index (χ1) is 19.2. The van der Waals surface area contributed by atoms with Crippen LogP contribution in [0.2, 0.25) is 5.02 Å². The van der Waals surface area contributed by atoms with Crippen LogP contribution in [0.3, 0.4) is 0 Å². The molecule has 1 aliphatic rings. The van der Waals surface area contributed by atoms with Crippen molar-refractivity contribution < 1.29 is 18.7 Å². The number of esters is 1. The molecule has 9 heteroatoms. The lowest BCUT2D eigenvalue weighted by Crippen LogP contribution is -2.31. The Hall–Kier alpha value is -2.71. The molecule has 1 amide bonds. The smallest absolute Gasteiger partial charge is 0.308 e. The molecule has 4 rings (SSSR count). The highest BCUT2D eigenvalue weighted by Gasteiger charge is 2.27. The molecule has 2 heterocycles. The van der Waals surface area contributed by atoms with E-state index in [9.17, 15) is 14.0 Å². The number of nitrogens with one attached hydrogen (secondary N) is 1. The number of carbonyl (C=O) groups is 2. The Balaban J connectivity index is 1.59. The van der Waals surface area contributed by atoms with Crippen molar-refractivity contribution >= 4 is 56.1 Å². The minimum atomic E-state index is -1.61. The van der Waals surface area contributed by atoms with Crippen LogP contribution in [0.5, 0.6) is 0 Å². The first kappa shape index (κ1) is 30.3. The Morgan fingerprint density at radius 2 is 2.02 bits per heavy atom. The Morgan fingerprint density at radius 1 is 1.25 bits per heavy atom. The third kappa shape index (κ3) is 7.32. The van der Waals surface area contributed by atoms with Gasteiger partial charge in [-0.05, 0) is 61.9 Å². The van der Waals surface area contributed by atoms with Gasteiger partial charge in [0, 0.05) is 58.8 Å². The molecule has 0 saturated carbocycles. The largest absolute Gasteiger partial charge is 0.431 e. The first-order valence-corrected chi connectivity index (χ1v) is 15.1. The number of aromatic nitrogens is 1. The predicted octanol–water partition coefficient (Wildman–Crippen LogP) is 7.74. The average molecular weight is 633 g/mol. The summed E-state index contributed by atoms with van der Waals surface area (Å²) in [6.07, 6.45) is 0.595. The fourth-order valence-corrected chi connectivity index (χ4v) is 5.95. The summed E-state index contributed by atoms with van der Waals surface area (Å²) in [5.74, 6) is 0.311. The zero-order chi connectivity index (χ0) is 28.8. The molecule has 0 aliphatic carbocycles. The van der Waals surface area contributed by atoms with Crippen LogP contribution >= 0.6 is 27.5 Å². The Kier molecular flexibility index (Phi) is 10.4. The highest BCUT2D eigenvalue weighted by molar-refractivity contribution is 9.10. The number of carbonyl (C=O) groups excluding carboxylic acids is 2. The van der Waals surface area contributed by atoms with E-state index in [4.69, 9.17) is 21.3 Å². The third-order valence-corrected chi connectivity index (χ3v) is 8.28. The van der Waals surface area contributed by atoms with Crippen molar-refractivity contribution in [2.75, 3.05) is 24.5 Å². The van der Waals surface area contributed by atoms with Crippen LogP contribution in [0.4, 0.5) is 10.2 Å². The molecule has 0 radical (unpaired) electrons. The maximum atomic E-state index is 13.9. The molecule has 1 saturated heterocycles. The Morgan fingerprint density at radius 3 is 2.73 bits per heavy atom. The number of alkyl halides is 1. The maximum Gasteiger partial charge on any atom is 0.308 e. The van der Waals surface area contributed by atoms with Gasteiger partial charge in [-0.2, -0.15) is 0 Å². The van der Waals surface area contributed by atoms with E-state index in [2.05, 4.69) is 33.1 Å².